The molecule has 0 aromatic heterocycles. The van der Waals surface area contributed by atoms with Crippen molar-refractivity contribution in [2.75, 3.05) is 20.1 Å². The van der Waals surface area contributed by atoms with Gasteiger partial charge in [0.25, 0.3) is 0 Å². The standard InChI is InChI=1S/C13H16BrF2NO/c1-17-6-4-13(18,5-7-17)8-9-11(15)3-2-10(14)12(9)16/h2-3,18H,4-8H2,1H3. The van der Waals surface area contributed by atoms with Crippen LogP contribution in [0.5, 0.6) is 0 Å². The largest absolute Gasteiger partial charge is 0.389 e. The van der Waals surface area contributed by atoms with Crippen LogP contribution in [0.15, 0.2) is 16.6 Å². The van der Waals surface area contributed by atoms with Gasteiger partial charge in [0.1, 0.15) is 11.6 Å². The van der Waals surface area contributed by atoms with Crippen LogP contribution in [-0.4, -0.2) is 35.7 Å². The molecule has 100 valence electrons. The van der Waals surface area contributed by atoms with Gasteiger partial charge in [-0.3, -0.25) is 0 Å². The predicted molar refractivity (Wildman–Crippen MR) is 69.4 cm³/mol. The van der Waals surface area contributed by atoms with Crippen LogP contribution in [0.3, 0.4) is 0 Å². The van der Waals surface area contributed by atoms with E-state index >= 15 is 0 Å². The van der Waals surface area contributed by atoms with Gasteiger partial charge >= 0.3 is 0 Å². The van der Waals surface area contributed by atoms with Gasteiger partial charge in [-0.1, -0.05) is 0 Å². The molecule has 2 nitrogen and oxygen atoms in total. The summed E-state index contributed by atoms with van der Waals surface area (Å²) >= 11 is 3.04. The molecule has 0 radical (unpaired) electrons. The van der Waals surface area contributed by atoms with Gasteiger partial charge in [0.2, 0.25) is 0 Å². The maximum Gasteiger partial charge on any atom is 0.143 e. The second-order valence-corrected chi connectivity index (χ2v) is 5.88. The summed E-state index contributed by atoms with van der Waals surface area (Å²) in [6, 6.07) is 2.56. The zero-order valence-electron chi connectivity index (χ0n) is 10.2. The van der Waals surface area contributed by atoms with Crippen molar-refractivity contribution < 1.29 is 13.9 Å². The SMILES string of the molecule is CN1CCC(O)(Cc2c(F)ccc(Br)c2F)CC1. The van der Waals surface area contributed by atoms with Crippen LogP contribution in [0.25, 0.3) is 0 Å². The number of piperidine rings is 1. The number of halogens is 3. The molecule has 1 fully saturated rings. The Kier molecular flexibility index (Phi) is 4.04. The van der Waals surface area contributed by atoms with Crippen molar-refractivity contribution in [3.05, 3.63) is 33.8 Å². The molecule has 1 aliphatic rings. The van der Waals surface area contributed by atoms with E-state index in [1.165, 1.54) is 12.1 Å². The van der Waals surface area contributed by atoms with Crippen molar-refractivity contribution in [1.29, 1.82) is 0 Å². The van der Waals surface area contributed by atoms with Gasteiger partial charge in [0.15, 0.2) is 0 Å². The number of hydrogen-bond acceptors (Lipinski definition) is 2. The third kappa shape index (κ3) is 2.90. The van der Waals surface area contributed by atoms with Crippen LogP contribution in [0, 0.1) is 11.6 Å². The number of nitrogens with zero attached hydrogens (tertiary/aromatic N) is 1. The molecule has 0 spiro atoms. The second kappa shape index (κ2) is 5.23. The number of aliphatic hydroxyl groups is 1. The Morgan fingerprint density at radius 2 is 1.94 bits per heavy atom. The van der Waals surface area contributed by atoms with Gasteiger partial charge in [-0.25, -0.2) is 8.78 Å². The van der Waals surface area contributed by atoms with E-state index in [1.807, 2.05) is 7.05 Å². The lowest BCUT2D eigenvalue weighted by atomic mass is 9.85. The van der Waals surface area contributed by atoms with E-state index in [4.69, 9.17) is 0 Å². The molecule has 1 heterocycles. The summed E-state index contributed by atoms with van der Waals surface area (Å²) in [5.74, 6) is -1.20. The van der Waals surface area contributed by atoms with Gasteiger partial charge in [-0.2, -0.15) is 0 Å². The molecule has 0 unspecified atom stereocenters. The third-order valence-electron chi connectivity index (χ3n) is 3.56. The van der Waals surface area contributed by atoms with Crippen LogP contribution in [-0.2, 0) is 6.42 Å². The van der Waals surface area contributed by atoms with E-state index in [2.05, 4.69) is 20.8 Å². The number of rotatable bonds is 2. The topological polar surface area (TPSA) is 23.5 Å². The summed E-state index contributed by atoms with van der Waals surface area (Å²) in [6.07, 6.45) is 1.10. The second-order valence-electron chi connectivity index (χ2n) is 5.03. The van der Waals surface area contributed by atoms with E-state index in [0.29, 0.717) is 12.8 Å². The summed E-state index contributed by atoms with van der Waals surface area (Å²) < 4.78 is 27.7. The van der Waals surface area contributed by atoms with E-state index in [9.17, 15) is 13.9 Å². The average Bonchev–Trinajstić information content (AvgIpc) is 2.34. The molecule has 0 amide bonds. The fraction of sp³-hybridized carbons (Fsp3) is 0.538. The Morgan fingerprint density at radius 3 is 2.56 bits per heavy atom. The maximum absolute atomic E-state index is 13.9. The first-order valence-corrected chi connectivity index (χ1v) is 6.74. The van der Waals surface area contributed by atoms with Gasteiger partial charge in [-0.15, -0.1) is 0 Å². The highest BCUT2D eigenvalue weighted by Gasteiger charge is 2.33. The van der Waals surface area contributed by atoms with Crippen LogP contribution in [0.4, 0.5) is 8.78 Å². The third-order valence-corrected chi connectivity index (χ3v) is 4.17. The molecule has 1 aromatic rings. The maximum atomic E-state index is 13.9. The van der Waals surface area contributed by atoms with Crippen molar-refractivity contribution in [3.63, 3.8) is 0 Å². The van der Waals surface area contributed by atoms with E-state index in [-0.39, 0.29) is 16.5 Å². The number of likely N-dealkylation sites (tertiary alicyclic amines) is 1. The van der Waals surface area contributed by atoms with Gasteiger partial charge < -0.3 is 10.0 Å². The highest BCUT2D eigenvalue weighted by Crippen LogP contribution is 2.30. The summed E-state index contributed by atoms with van der Waals surface area (Å²) in [5.41, 5.74) is -1.04. The summed E-state index contributed by atoms with van der Waals surface area (Å²) in [5, 5.41) is 10.4. The first kappa shape index (κ1) is 13.9. The van der Waals surface area contributed by atoms with Crippen LogP contribution in [0.2, 0.25) is 0 Å². The average molecular weight is 320 g/mol. The molecule has 18 heavy (non-hydrogen) atoms. The van der Waals surface area contributed by atoms with Crippen LogP contribution >= 0.6 is 15.9 Å². The molecule has 0 atom stereocenters. The van der Waals surface area contributed by atoms with Crippen LogP contribution < -0.4 is 0 Å². The summed E-state index contributed by atoms with van der Waals surface area (Å²) in [7, 11) is 1.97. The van der Waals surface area contributed by atoms with Crippen molar-refractivity contribution >= 4 is 15.9 Å². The lowest BCUT2D eigenvalue weighted by Gasteiger charge is -2.36. The van der Waals surface area contributed by atoms with Gasteiger partial charge in [-0.05, 0) is 48.0 Å². The van der Waals surface area contributed by atoms with Gasteiger partial charge in [0.05, 0.1) is 10.1 Å². The Labute approximate surface area is 114 Å². The molecular weight excluding hydrogens is 304 g/mol. The fourth-order valence-electron chi connectivity index (χ4n) is 2.27. The minimum atomic E-state index is -1.00. The minimum Gasteiger partial charge on any atom is -0.389 e. The van der Waals surface area contributed by atoms with Crippen molar-refractivity contribution in [2.24, 2.45) is 0 Å². The van der Waals surface area contributed by atoms with E-state index in [1.54, 1.807) is 0 Å². The first-order valence-electron chi connectivity index (χ1n) is 5.95. The Balaban J connectivity index is 2.21. The monoisotopic (exact) mass is 319 g/mol. The zero-order chi connectivity index (χ0) is 13.3. The van der Waals surface area contributed by atoms with E-state index in [0.717, 1.165) is 13.1 Å². The number of hydrogen-bond donors (Lipinski definition) is 1. The quantitative estimate of drug-likeness (QED) is 0.847. The normalized spacial score (nSPS) is 20.1. The molecule has 2 rings (SSSR count). The molecule has 0 aliphatic carbocycles. The highest BCUT2D eigenvalue weighted by molar-refractivity contribution is 9.10. The molecule has 1 N–H and O–H groups in total. The van der Waals surface area contributed by atoms with Crippen molar-refractivity contribution in [1.82, 2.24) is 4.90 Å². The molecule has 1 saturated heterocycles. The molecule has 1 aromatic carbocycles. The Morgan fingerprint density at radius 1 is 1.33 bits per heavy atom. The Hall–Kier alpha value is -0.520. The van der Waals surface area contributed by atoms with Crippen molar-refractivity contribution in [2.45, 2.75) is 24.9 Å². The van der Waals surface area contributed by atoms with Crippen LogP contribution in [0.1, 0.15) is 18.4 Å². The first-order chi connectivity index (χ1) is 8.41. The summed E-state index contributed by atoms with van der Waals surface area (Å²) in [6.45, 7) is 1.49. The zero-order valence-corrected chi connectivity index (χ0v) is 11.8. The van der Waals surface area contributed by atoms with Gasteiger partial charge in [0, 0.05) is 25.1 Å². The Bertz CT molecular complexity index is 445. The lowest BCUT2D eigenvalue weighted by molar-refractivity contribution is -0.0162. The molecular formula is C13H16BrF2NO. The smallest absolute Gasteiger partial charge is 0.143 e. The minimum absolute atomic E-state index is 0.0257. The van der Waals surface area contributed by atoms with Crippen molar-refractivity contribution in [3.8, 4) is 0 Å². The lowest BCUT2D eigenvalue weighted by Crippen LogP contribution is -2.44. The number of benzene rings is 1. The molecule has 5 heteroatoms. The molecule has 1 aliphatic heterocycles. The van der Waals surface area contributed by atoms with E-state index < -0.39 is 17.2 Å². The fourth-order valence-corrected chi connectivity index (χ4v) is 2.64. The molecule has 0 saturated carbocycles. The predicted octanol–water partition coefficient (Wildman–Crippen LogP) is 2.73. The molecule has 0 bridgehead atoms. The highest BCUT2D eigenvalue weighted by atomic mass is 79.9. The summed E-state index contributed by atoms with van der Waals surface area (Å²) in [4.78, 5) is 2.10.